The predicted octanol–water partition coefficient (Wildman–Crippen LogP) is 4.71. The Labute approximate surface area is 192 Å². The monoisotopic (exact) mass is 446 g/mol. The lowest BCUT2D eigenvalue weighted by Crippen LogP contribution is -2.33. The van der Waals surface area contributed by atoms with Gasteiger partial charge in [-0.1, -0.05) is 70.8 Å². The van der Waals surface area contributed by atoms with Gasteiger partial charge in [-0.3, -0.25) is 9.98 Å². The van der Waals surface area contributed by atoms with E-state index in [4.69, 9.17) is 5.41 Å². The van der Waals surface area contributed by atoms with Crippen LogP contribution in [0.25, 0.3) is 11.2 Å². The van der Waals surface area contributed by atoms with E-state index in [0.717, 1.165) is 16.7 Å². The van der Waals surface area contributed by atoms with Crippen LogP contribution in [0, 0.1) is 19.3 Å². The Morgan fingerprint density at radius 3 is 2.22 bits per heavy atom. The maximum Gasteiger partial charge on any atom is 0.205 e. The number of nitrogens with zero attached hydrogens (tertiary/aromatic N) is 3. The maximum atomic E-state index is 12.3. The van der Waals surface area contributed by atoms with Crippen LogP contribution in [0.5, 0.6) is 0 Å². The van der Waals surface area contributed by atoms with Gasteiger partial charge in [-0.2, -0.15) is 0 Å². The Hall–Kier alpha value is -2.83. The number of hydrogen-bond acceptors (Lipinski definition) is 3. The van der Waals surface area contributed by atoms with E-state index in [-0.39, 0.29) is 12.1 Å². The van der Waals surface area contributed by atoms with E-state index in [1.54, 1.807) is 12.5 Å². The summed E-state index contributed by atoms with van der Waals surface area (Å²) in [5, 5.41) is 9.16. The van der Waals surface area contributed by atoms with Crippen molar-refractivity contribution in [2.45, 2.75) is 39.3 Å². The number of aryl methyl sites for hydroxylation is 2. The zero-order valence-electron chi connectivity index (χ0n) is 19.1. The second-order valence-electron chi connectivity index (χ2n) is 8.58. The van der Waals surface area contributed by atoms with Gasteiger partial charge in [0.2, 0.25) is 5.62 Å². The Morgan fingerprint density at radius 1 is 0.969 bits per heavy atom. The van der Waals surface area contributed by atoms with Crippen molar-refractivity contribution in [3.63, 3.8) is 0 Å². The van der Waals surface area contributed by atoms with E-state index < -0.39 is 11.2 Å². The van der Waals surface area contributed by atoms with Crippen LogP contribution in [0.1, 0.15) is 41.3 Å². The first kappa shape index (κ1) is 22.4. The molecule has 2 heterocycles. The highest BCUT2D eigenvalue weighted by Crippen LogP contribution is 2.25. The molecule has 4 rings (SSSR count). The molecule has 1 N–H and O–H groups in total. The lowest BCUT2D eigenvalue weighted by atomic mass is 10.1. The molecule has 166 valence electrons. The van der Waals surface area contributed by atoms with Crippen molar-refractivity contribution in [1.82, 2.24) is 14.1 Å². The maximum absolute atomic E-state index is 12.3. The molecule has 0 spiro atoms. The summed E-state index contributed by atoms with van der Waals surface area (Å²) in [6.45, 7) is 6.27. The first-order chi connectivity index (χ1) is 15.3. The summed E-state index contributed by atoms with van der Waals surface area (Å²) < 4.78 is 16.3. The van der Waals surface area contributed by atoms with Crippen LogP contribution in [0.15, 0.2) is 66.9 Å². The summed E-state index contributed by atoms with van der Waals surface area (Å²) in [7, 11) is 0. The van der Waals surface area contributed by atoms with E-state index in [9.17, 15) is 4.55 Å². The highest BCUT2D eigenvalue weighted by Gasteiger charge is 2.25. The average Bonchev–Trinajstić information content (AvgIpc) is 3.06. The fraction of sp³-hybridized carbons (Fsp3) is 0.308. The van der Waals surface area contributed by atoms with Crippen LogP contribution in [-0.4, -0.2) is 30.7 Å². The zero-order valence-corrected chi connectivity index (χ0v) is 19.9. The molecule has 0 aliphatic rings. The van der Waals surface area contributed by atoms with Crippen molar-refractivity contribution >= 4 is 22.3 Å². The van der Waals surface area contributed by atoms with Crippen molar-refractivity contribution < 1.29 is 4.55 Å². The van der Waals surface area contributed by atoms with Crippen molar-refractivity contribution in [1.29, 1.82) is 5.41 Å². The van der Waals surface area contributed by atoms with E-state index in [2.05, 4.69) is 74.3 Å². The summed E-state index contributed by atoms with van der Waals surface area (Å²) in [5.74, 6) is 0.471. The molecule has 3 atom stereocenters. The van der Waals surface area contributed by atoms with Gasteiger partial charge in [0.15, 0.2) is 5.65 Å². The molecule has 32 heavy (non-hydrogen) atoms. The Morgan fingerprint density at radius 2 is 1.59 bits per heavy atom. The lowest BCUT2D eigenvalue weighted by molar-refractivity contribution is 0.490. The fourth-order valence-electron chi connectivity index (χ4n) is 4.32. The highest BCUT2D eigenvalue weighted by atomic mass is 32.2. The SMILES string of the molecule is Cc1ccc(C[C@@H](C[S+](C)[O-])n2c(=N)n(C(C)c3ccc(C)cc3)c3cccnc32)cc1. The van der Waals surface area contributed by atoms with Crippen LogP contribution >= 0.6 is 0 Å². The molecule has 0 fully saturated rings. The van der Waals surface area contributed by atoms with E-state index in [1.165, 1.54) is 16.7 Å². The van der Waals surface area contributed by atoms with Gasteiger partial charge in [0.1, 0.15) is 5.75 Å². The lowest BCUT2D eigenvalue weighted by Gasteiger charge is -2.20. The van der Waals surface area contributed by atoms with Crippen LogP contribution in [-0.2, 0) is 17.6 Å². The number of imidazole rings is 1. The summed E-state index contributed by atoms with van der Waals surface area (Å²) >= 11 is -1.01. The molecule has 6 heteroatoms. The van der Waals surface area contributed by atoms with Gasteiger partial charge >= 0.3 is 0 Å². The average molecular weight is 447 g/mol. The minimum absolute atomic E-state index is 0.0248. The topological polar surface area (TPSA) is 69.7 Å². The molecule has 0 radical (unpaired) electrons. The van der Waals surface area contributed by atoms with E-state index >= 15 is 0 Å². The molecule has 2 unspecified atom stereocenters. The smallest absolute Gasteiger partial charge is 0.205 e. The van der Waals surface area contributed by atoms with E-state index in [1.807, 2.05) is 21.3 Å². The van der Waals surface area contributed by atoms with Gasteiger partial charge in [0.05, 0.1) is 23.9 Å². The minimum Gasteiger partial charge on any atom is -0.616 e. The Bertz CT molecular complexity index is 1260. The molecule has 0 aliphatic heterocycles. The van der Waals surface area contributed by atoms with Crippen LogP contribution in [0.4, 0.5) is 0 Å². The van der Waals surface area contributed by atoms with Crippen LogP contribution in [0.3, 0.4) is 0 Å². The Kier molecular flexibility index (Phi) is 6.53. The number of fused-ring (bicyclic) bond motifs is 1. The molecular formula is C26H30N4OS. The van der Waals surface area contributed by atoms with Crippen LogP contribution in [0.2, 0.25) is 0 Å². The normalized spacial score (nSPS) is 14.4. The summed E-state index contributed by atoms with van der Waals surface area (Å²) in [5.41, 5.74) is 6.80. The molecule has 4 aromatic rings. The molecule has 0 bridgehead atoms. The first-order valence-electron chi connectivity index (χ1n) is 10.9. The Balaban J connectivity index is 1.85. The number of hydrogen-bond donors (Lipinski definition) is 1. The third-order valence-corrected chi connectivity index (χ3v) is 6.90. The minimum atomic E-state index is -1.01. The van der Waals surface area contributed by atoms with Gasteiger partial charge in [0.25, 0.3) is 0 Å². The standard InChI is InChI=1S/C26H30N4OS/c1-18-7-11-21(12-8-18)16-23(17-32(4)31)30-25-24(6-5-15-28-25)29(26(30)27)20(3)22-13-9-19(2)10-14-22/h5-15,20,23,27H,16-17H2,1-4H3/t20?,23-,32?/m0/s1. The molecule has 0 aliphatic carbocycles. The van der Waals surface area contributed by atoms with Crippen molar-refractivity contribution in [2.24, 2.45) is 0 Å². The number of aromatic nitrogens is 3. The quantitative estimate of drug-likeness (QED) is 0.418. The summed E-state index contributed by atoms with van der Waals surface area (Å²) in [6, 6.07) is 20.7. The molecular weight excluding hydrogens is 416 g/mol. The second kappa shape index (κ2) is 9.35. The van der Waals surface area contributed by atoms with Crippen molar-refractivity contribution in [3.05, 3.63) is 94.7 Å². The summed E-state index contributed by atoms with van der Waals surface area (Å²) in [4.78, 5) is 4.66. The van der Waals surface area contributed by atoms with Gasteiger partial charge in [-0.05, 0) is 50.5 Å². The molecule has 0 saturated carbocycles. The fourth-order valence-corrected chi connectivity index (χ4v) is 5.13. The van der Waals surface area contributed by atoms with Gasteiger partial charge in [-0.15, -0.1) is 0 Å². The van der Waals surface area contributed by atoms with Crippen LogP contribution < -0.4 is 5.62 Å². The summed E-state index contributed by atoms with van der Waals surface area (Å²) in [6.07, 6.45) is 4.20. The van der Waals surface area contributed by atoms with E-state index in [0.29, 0.717) is 17.8 Å². The van der Waals surface area contributed by atoms with Crippen molar-refractivity contribution in [2.75, 3.05) is 12.0 Å². The van der Waals surface area contributed by atoms with Crippen molar-refractivity contribution in [3.8, 4) is 0 Å². The molecule has 0 saturated heterocycles. The number of rotatable bonds is 7. The largest absolute Gasteiger partial charge is 0.616 e. The molecule has 0 amide bonds. The number of benzene rings is 2. The third kappa shape index (κ3) is 4.52. The highest BCUT2D eigenvalue weighted by molar-refractivity contribution is 7.90. The molecule has 2 aromatic heterocycles. The van der Waals surface area contributed by atoms with Gasteiger partial charge in [-0.25, -0.2) is 4.98 Å². The third-order valence-electron chi connectivity index (χ3n) is 6.04. The number of pyridine rings is 1. The first-order valence-corrected chi connectivity index (χ1v) is 12.6. The predicted molar refractivity (Wildman–Crippen MR) is 131 cm³/mol. The molecule has 2 aromatic carbocycles. The number of nitrogens with one attached hydrogen (secondary N) is 1. The molecule has 5 nitrogen and oxygen atoms in total. The van der Waals surface area contributed by atoms with Gasteiger partial charge in [0, 0.05) is 6.20 Å². The zero-order chi connectivity index (χ0) is 22.8. The second-order valence-corrected chi connectivity index (χ2v) is 10.1. The van der Waals surface area contributed by atoms with Gasteiger partial charge < -0.3 is 9.12 Å².